The Morgan fingerprint density at radius 3 is 2.59 bits per heavy atom. The first-order valence-electron chi connectivity index (χ1n) is 8.96. The molecule has 0 bridgehead atoms. The number of halogens is 2. The summed E-state index contributed by atoms with van der Waals surface area (Å²) in [5.41, 5.74) is 2.47. The zero-order valence-electron chi connectivity index (χ0n) is 15.0. The van der Waals surface area contributed by atoms with Gasteiger partial charge in [-0.3, -0.25) is 4.79 Å². The molecule has 1 aromatic heterocycles. The molecule has 1 amide bonds. The Labute approximate surface area is 155 Å². The number of fused-ring (bicyclic) bond motifs is 1. The standard InChI is InChI=1S/C21H20F2N2O2/c1-27-15-3-5-20-16(11-15)17(12-24-20)13-6-8-25(9-7-13)21(26)14-2-4-18(22)19(23)10-14/h2-5,10-13,24H,6-9H2,1H3. The molecule has 0 radical (unpaired) electrons. The molecule has 0 unspecified atom stereocenters. The molecule has 27 heavy (non-hydrogen) atoms. The van der Waals surface area contributed by atoms with E-state index in [4.69, 9.17) is 4.74 Å². The lowest BCUT2D eigenvalue weighted by Gasteiger charge is -2.32. The first-order chi connectivity index (χ1) is 13.1. The summed E-state index contributed by atoms with van der Waals surface area (Å²) in [6.45, 7) is 1.16. The predicted molar refractivity (Wildman–Crippen MR) is 99.1 cm³/mol. The number of hydrogen-bond acceptors (Lipinski definition) is 2. The third-order valence-corrected chi connectivity index (χ3v) is 5.31. The Bertz CT molecular complexity index is 991. The van der Waals surface area contributed by atoms with Crippen molar-refractivity contribution in [3.8, 4) is 5.75 Å². The van der Waals surface area contributed by atoms with Crippen molar-refractivity contribution in [3.05, 3.63) is 65.4 Å². The molecule has 1 aliphatic heterocycles. The molecule has 4 nitrogen and oxygen atoms in total. The van der Waals surface area contributed by atoms with Gasteiger partial charge in [0.1, 0.15) is 5.75 Å². The quantitative estimate of drug-likeness (QED) is 0.739. The fourth-order valence-electron chi connectivity index (χ4n) is 3.79. The van der Waals surface area contributed by atoms with Gasteiger partial charge in [0.25, 0.3) is 5.91 Å². The average Bonchev–Trinajstić information content (AvgIpc) is 3.12. The second-order valence-electron chi connectivity index (χ2n) is 6.85. The highest BCUT2D eigenvalue weighted by Crippen LogP contribution is 2.35. The number of piperidine rings is 1. The molecule has 1 saturated heterocycles. The monoisotopic (exact) mass is 370 g/mol. The first-order valence-corrected chi connectivity index (χ1v) is 8.96. The molecule has 6 heteroatoms. The molecule has 1 fully saturated rings. The zero-order valence-corrected chi connectivity index (χ0v) is 15.0. The molecule has 1 N–H and O–H groups in total. The number of benzene rings is 2. The third kappa shape index (κ3) is 3.27. The van der Waals surface area contributed by atoms with E-state index in [-0.39, 0.29) is 11.5 Å². The van der Waals surface area contributed by atoms with Crippen LogP contribution in [0.2, 0.25) is 0 Å². The van der Waals surface area contributed by atoms with Gasteiger partial charge in [0, 0.05) is 35.8 Å². The lowest BCUT2D eigenvalue weighted by Crippen LogP contribution is -2.38. The predicted octanol–water partition coefficient (Wildman–Crippen LogP) is 4.47. The van der Waals surface area contributed by atoms with Crippen molar-refractivity contribution in [1.29, 1.82) is 0 Å². The minimum absolute atomic E-state index is 0.184. The number of methoxy groups -OCH3 is 1. The van der Waals surface area contributed by atoms with Crippen molar-refractivity contribution in [2.24, 2.45) is 0 Å². The number of nitrogens with one attached hydrogen (secondary N) is 1. The summed E-state index contributed by atoms with van der Waals surface area (Å²) in [4.78, 5) is 17.6. The maximum Gasteiger partial charge on any atom is 0.253 e. The molecule has 2 heterocycles. The molecular formula is C21H20F2N2O2. The van der Waals surface area contributed by atoms with Crippen molar-refractivity contribution in [3.63, 3.8) is 0 Å². The third-order valence-electron chi connectivity index (χ3n) is 5.31. The van der Waals surface area contributed by atoms with Gasteiger partial charge in [-0.15, -0.1) is 0 Å². The van der Waals surface area contributed by atoms with Gasteiger partial charge in [-0.1, -0.05) is 0 Å². The van der Waals surface area contributed by atoms with Gasteiger partial charge < -0.3 is 14.6 Å². The molecule has 3 aromatic rings. The van der Waals surface area contributed by atoms with Crippen molar-refractivity contribution in [1.82, 2.24) is 9.88 Å². The summed E-state index contributed by atoms with van der Waals surface area (Å²) >= 11 is 0. The minimum Gasteiger partial charge on any atom is -0.497 e. The normalized spacial score (nSPS) is 15.3. The first kappa shape index (κ1) is 17.5. The van der Waals surface area contributed by atoms with Crippen LogP contribution in [-0.4, -0.2) is 36.0 Å². The van der Waals surface area contributed by atoms with Gasteiger partial charge in [-0.2, -0.15) is 0 Å². The Balaban J connectivity index is 1.49. The number of hydrogen-bond donors (Lipinski definition) is 1. The Kier molecular flexibility index (Phi) is 4.56. The number of carbonyl (C=O) groups excluding carboxylic acids is 1. The van der Waals surface area contributed by atoms with Crippen LogP contribution >= 0.6 is 0 Å². The van der Waals surface area contributed by atoms with E-state index in [9.17, 15) is 13.6 Å². The highest BCUT2D eigenvalue weighted by atomic mass is 19.2. The van der Waals surface area contributed by atoms with Crippen LogP contribution in [0.25, 0.3) is 10.9 Å². The van der Waals surface area contributed by atoms with Crippen LogP contribution in [-0.2, 0) is 0 Å². The number of aromatic amines is 1. The average molecular weight is 370 g/mol. The van der Waals surface area contributed by atoms with E-state index < -0.39 is 11.6 Å². The molecule has 0 atom stereocenters. The highest BCUT2D eigenvalue weighted by Gasteiger charge is 2.26. The molecular weight excluding hydrogens is 350 g/mol. The lowest BCUT2D eigenvalue weighted by molar-refractivity contribution is 0.0712. The lowest BCUT2D eigenvalue weighted by atomic mass is 9.89. The van der Waals surface area contributed by atoms with Crippen LogP contribution in [0.5, 0.6) is 5.75 Å². The smallest absolute Gasteiger partial charge is 0.253 e. The minimum atomic E-state index is -0.997. The summed E-state index contributed by atoms with van der Waals surface area (Å²) in [7, 11) is 1.65. The van der Waals surface area contributed by atoms with Crippen molar-refractivity contribution >= 4 is 16.8 Å². The molecule has 1 aliphatic rings. The van der Waals surface area contributed by atoms with Crippen molar-refractivity contribution in [2.75, 3.05) is 20.2 Å². The van der Waals surface area contributed by atoms with Gasteiger partial charge in [0.2, 0.25) is 0 Å². The van der Waals surface area contributed by atoms with Gasteiger partial charge in [0.15, 0.2) is 11.6 Å². The second-order valence-corrected chi connectivity index (χ2v) is 6.85. The molecule has 2 aromatic carbocycles. The number of carbonyl (C=O) groups is 1. The Hall–Kier alpha value is -2.89. The fraction of sp³-hybridized carbons (Fsp3) is 0.286. The van der Waals surface area contributed by atoms with E-state index in [0.29, 0.717) is 19.0 Å². The topological polar surface area (TPSA) is 45.3 Å². The van der Waals surface area contributed by atoms with Crippen LogP contribution in [0.15, 0.2) is 42.6 Å². The summed E-state index contributed by atoms with van der Waals surface area (Å²) in [6.07, 6.45) is 3.67. The van der Waals surface area contributed by atoms with Crippen molar-refractivity contribution in [2.45, 2.75) is 18.8 Å². The highest BCUT2D eigenvalue weighted by molar-refractivity contribution is 5.94. The summed E-state index contributed by atoms with van der Waals surface area (Å²) in [5, 5.41) is 1.14. The molecule has 4 rings (SSSR count). The SMILES string of the molecule is COc1ccc2[nH]cc(C3CCN(C(=O)c4ccc(F)c(F)c4)CC3)c2c1. The summed E-state index contributed by atoms with van der Waals surface area (Å²) < 4.78 is 31.8. The Morgan fingerprint density at radius 2 is 1.89 bits per heavy atom. The summed E-state index contributed by atoms with van der Waals surface area (Å²) in [5.74, 6) is -1.05. The number of aromatic nitrogens is 1. The summed E-state index contributed by atoms with van der Waals surface area (Å²) in [6, 6.07) is 9.24. The molecule has 0 aliphatic carbocycles. The van der Waals surface area contributed by atoms with E-state index in [1.165, 1.54) is 11.6 Å². The number of nitrogens with zero attached hydrogens (tertiary/aromatic N) is 1. The second kappa shape index (κ2) is 7.02. The zero-order chi connectivity index (χ0) is 19.0. The van der Waals surface area contributed by atoms with Crippen LogP contribution in [0.1, 0.15) is 34.7 Å². The van der Waals surface area contributed by atoms with E-state index in [1.807, 2.05) is 24.4 Å². The molecule has 0 saturated carbocycles. The molecule has 0 spiro atoms. The van der Waals surface area contributed by atoms with Gasteiger partial charge in [-0.25, -0.2) is 8.78 Å². The number of H-pyrrole nitrogens is 1. The largest absolute Gasteiger partial charge is 0.497 e. The van der Waals surface area contributed by atoms with Crippen LogP contribution < -0.4 is 4.74 Å². The fourth-order valence-corrected chi connectivity index (χ4v) is 3.79. The van der Waals surface area contributed by atoms with Gasteiger partial charge in [-0.05, 0) is 60.7 Å². The number of likely N-dealkylation sites (tertiary alicyclic amines) is 1. The van der Waals surface area contributed by atoms with E-state index in [0.717, 1.165) is 41.6 Å². The molecule has 140 valence electrons. The van der Waals surface area contributed by atoms with Crippen LogP contribution in [0.4, 0.5) is 8.78 Å². The van der Waals surface area contributed by atoms with Crippen molar-refractivity contribution < 1.29 is 18.3 Å². The van der Waals surface area contributed by atoms with E-state index in [1.54, 1.807) is 12.0 Å². The maximum absolute atomic E-state index is 13.4. The van der Waals surface area contributed by atoms with Gasteiger partial charge >= 0.3 is 0 Å². The van der Waals surface area contributed by atoms with E-state index in [2.05, 4.69) is 4.98 Å². The van der Waals surface area contributed by atoms with Gasteiger partial charge in [0.05, 0.1) is 7.11 Å². The van der Waals surface area contributed by atoms with Crippen LogP contribution in [0.3, 0.4) is 0 Å². The Morgan fingerprint density at radius 1 is 1.11 bits per heavy atom. The number of rotatable bonds is 3. The maximum atomic E-state index is 13.4. The van der Waals surface area contributed by atoms with E-state index >= 15 is 0 Å². The number of ether oxygens (including phenoxy) is 1. The van der Waals surface area contributed by atoms with Crippen LogP contribution in [0, 0.1) is 11.6 Å². The number of amides is 1.